The molecule has 0 radical (unpaired) electrons. The maximum Gasteiger partial charge on any atom is 0.252 e. The molecule has 98 valence electrons. The predicted octanol–water partition coefficient (Wildman–Crippen LogP) is 1.25. The van der Waals surface area contributed by atoms with E-state index in [-0.39, 0.29) is 13.2 Å². The zero-order chi connectivity index (χ0) is 13.5. The highest BCUT2D eigenvalue weighted by atomic mass is 16.3. The number of aliphatic hydroxyl groups is 2. The molecule has 0 aliphatic carbocycles. The average molecular weight is 249 g/mol. The summed E-state index contributed by atoms with van der Waals surface area (Å²) in [6, 6.07) is 9.47. The molecular formula is C14H19NO3. The van der Waals surface area contributed by atoms with Gasteiger partial charge in [-0.1, -0.05) is 35.9 Å². The summed E-state index contributed by atoms with van der Waals surface area (Å²) < 4.78 is 0. The molecular weight excluding hydrogens is 230 g/mol. The molecule has 1 amide bonds. The van der Waals surface area contributed by atoms with E-state index in [1.807, 2.05) is 44.2 Å². The third kappa shape index (κ3) is 3.42. The summed E-state index contributed by atoms with van der Waals surface area (Å²) in [6.45, 7) is 3.27. The van der Waals surface area contributed by atoms with Gasteiger partial charge in [0.25, 0.3) is 5.91 Å². The van der Waals surface area contributed by atoms with E-state index in [0.29, 0.717) is 0 Å². The second kappa shape index (κ2) is 6.93. The fourth-order valence-electron chi connectivity index (χ4n) is 1.86. The summed E-state index contributed by atoms with van der Waals surface area (Å²) in [6.07, 6.45) is 0. The lowest BCUT2D eigenvalue weighted by atomic mass is 10.1. The molecule has 1 rings (SSSR count). The molecule has 0 unspecified atom stereocenters. The van der Waals surface area contributed by atoms with E-state index in [4.69, 9.17) is 10.2 Å². The number of nitrogens with zero attached hydrogens (tertiary/aromatic N) is 1. The molecule has 0 aliphatic rings. The molecule has 0 bridgehead atoms. The van der Waals surface area contributed by atoms with E-state index in [2.05, 4.69) is 0 Å². The third-order valence-corrected chi connectivity index (χ3v) is 2.55. The molecule has 4 heteroatoms. The van der Waals surface area contributed by atoms with Gasteiger partial charge < -0.3 is 15.1 Å². The van der Waals surface area contributed by atoms with Crippen LogP contribution in [-0.4, -0.2) is 40.8 Å². The highest BCUT2D eigenvalue weighted by Gasteiger charge is 2.19. The Morgan fingerprint density at radius 1 is 1.17 bits per heavy atom. The Morgan fingerprint density at radius 3 is 2.22 bits per heavy atom. The Morgan fingerprint density at radius 2 is 1.78 bits per heavy atom. The monoisotopic (exact) mass is 249 g/mol. The van der Waals surface area contributed by atoms with Gasteiger partial charge >= 0.3 is 0 Å². The van der Waals surface area contributed by atoms with Gasteiger partial charge in [-0.3, -0.25) is 4.79 Å². The van der Waals surface area contributed by atoms with Gasteiger partial charge in [-0.2, -0.15) is 0 Å². The topological polar surface area (TPSA) is 60.8 Å². The van der Waals surface area contributed by atoms with Gasteiger partial charge in [-0.05, 0) is 19.4 Å². The molecule has 0 aliphatic heterocycles. The summed E-state index contributed by atoms with van der Waals surface area (Å²) in [4.78, 5) is 13.2. The van der Waals surface area contributed by atoms with Crippen LogP contribution in [0.3, 0.4) is 0 Å². The summed E-state index contributed by atoms with van der Waals surface area (Å²) in [5, 5.41) is 18.1. The Bertz CT molecular complexity index is 422. The second-order valence-electron chi connectivity index (χ2n) is 4.14. The van der Waals surface area contributed by atoms with Crippen LogP contribution in [0.5, 0.6) is 0 Å². The number of hydrogen-bond acceptors (Lipinski definition) is 3. The summed E-state index contributed by atoms with van der Waals surface area (Å²) >= 11 is 0. The lowest BCUT2D eigenvalue weighted by Gasteiger charge is -2.26. The smallest absolute Gasteiger partial charge is 0.252 e. The van der Waals surface area contributed by atoms with E-state index < -0.39 is 12.5 Å². The predicted molar refractivity (Wildman–Crippen MR) is 70.6 cm³/mol. The molecule has 0 fully saturated rings. The van der Waals surface area contributed by atoms with E-state index in [0.717, 1.165) is 16.8 Å². The first kappa shape index (κ1) is 14.4. The van der Waals surface area contributed by atoms with Crippen molar-refractivity contribution in [2.45, 2.75) is 13.8 Å². The first-order valence-corrected chi connectivity index (χ1v) is 5.86. The molecule has 0 heterocycles. The molecule has 2 N–H and O–H groups in total. The largest absolute Gasteiger partial charge is 0.395 e. The number of allylic oxidation sites excluding steroid dienone is 1. The summed E-state index contributed by atoms with van der Waals surface area (Å²) in [5.41, 5.74) is 2.59. The van der Waals surface area contributed by atoms with Crippen molar-refractivity contribution >= 4 is 11.6 Å². The van der Waals surface area contributed by atoms with Crippen LogP contribution in [0.15, 0.2) is 35.9 Å². The molecule has 4 nitrogen and oxygen atoms in total. The molecule has 0 aromatic heterocycles. The van der Waals surface area contributed by atoms with Crippen LogP contribution in [0.1, 0.15) is 19.4 Å². The number of carbonyl (C=O) groups is 1. The zero-order valence-corrected chi connectivity index (χ0v) is 10.8. The molecule has 1 aromatic rings. The standard InChI is InChI=1S/C14H19NO3/c1-11(2)14(12-6-4-3-5-7-12)15(8-9-16)13(18)10-17/h3-7,16-17H,8-10H2,1-2H3. The fourth-order valence-corrected chi connectivity index (χ4v) is 1.86. The van der Waals surface area contributed by atoms with Gasteiger partial charge in [-0.15, -0.1) is 0 Å². The van der Waals surface area contributed by atoms with Crippen LogP contribution in [-0.2, 0) is 4.79 Å². The van der Waals surface area contributed by atoms with Crippen molar-refractivity contribution in [3.05, 3.63) is 41.5 Å². The van der Waals surface area contributed by atoms with Crippen molar-refractivity contribution in [3.63, 3.8) is 0 Å². The van der Waals surface area contributed by atoms with Gasteiger partial charge in [0.1, 0.15) is 6.61 Å². The van der Waals surface area contributed by atoms with Crippen molar-refractivity contribution in [1.29, 1.82) is 0 Å². The third-order valence-electron chi connectivity index (χ3n) is 2.55. The molecule has 18 heavy (non-hydrogen) atoms. The maximum absolute atomic E-state index is 11.8. The number of rotatable bonds is 5. The maximum atomic E-state index is 11.8. The average Bonchev–Trinajstić information content (AvgIpc) is 2.38. The second-order valence-corrected chi connectivity index (χ2v) is 4.14. The fraction of sp³-hybridized carbons (Fsp3) is 0.357. The first-order valence-electron chi connectivity index (χ1n) is 5.86. The minimum atomic E-state index is -0.566. The minimum absolute atomic E-state index is 0.143. The summed E-state index contributed by atoms with van der Waals surface area (Å²) in [5.74, 6) is -0.413. The van der Waals surface area contributed by atoms with Crippen LogP contribution >= 0.6 is 0 Å². The molecule has 1 aromatic carbocycles. The zero-order valence-electron chi connectivity index (χ0n) is 10.8. The highest BCUT2D eigenvalue weighted by molar-refractivity contribution is 5.88. The number of amides is 1. The highest BCUT2D eigenvalue weighted by Crippen LogP contribution is 2.22. The van der Waals surface area contributed by atoms with Gasteiger partial charge in [0, 0.05) is 12.2 Å². The van der Waals surface area contributed by atoms with E-state index in [9.17, 15) is 4.79 Å². The van der Waals surface area contributed by atoms with Gasteiger partial charge in [0.2, 0.25) is 0 Å². The van der Waals surface area contributed by atoms with E-state index in [1.54, 1.807) is 0 Å². The Kier molecular flexibility index (Phi) is 5.55. The summed E-state index contributed by atoms with van der Waals surface area (Å²) in [7, 11) is 0. The number of carbonyl (C=O) groups excluding carboxylic acids is 1. The molecule has 0 saturated heterocycles. The van der Waals surface area contributed by atoms with Gasteiger partial charge in [-0.25, -0.2) is 0 Å². The van der Waals surface area contributed by atoms with E-state index in [1.165, 1.54) is 4.90 Å². The quantitative estimate of drug-likeness (QED) is 0.825. The van der Waals surface area contributed by atoms with Gasteiger partial charge in [0.05, 0.1) is 6.61 Å². The van der Waals surface area contributed by atoms with Gasteiger partial charge in [0.15, 0.2) is 0 Å². The first-order chi connectivity index (χ1) is 8.61. The Hall–Kier alpha value is -1.65. The van der Waals surface area contributed by atoms with Crippen molar-refractivity contribution in [2.24, 2.45) is 0 Å². The van der Waals surface area contributed by atoms with Crippen molar-refractivity contribution < 1.29 is 15.0 Å². The minimum Gasteiger partial charge on any atom is -0.395 e. The Labute approximate surface area is 107 Å². The Balaban J connectivity index is 3.19. The molecule has 0 atom stereocenters. The van der Waals surface area contributed by atoms with E-state index >= 15 is 0 Å². The van der Waals surface area contributed by atoms with Crippen molar-refractivity contribution in [2.75, 3.05) is 19.8 Å². The number of benzene rings is 1. The molecule has 0 saturated carbocycles. The SMILES string of the molecule is CC(C)=C(c1ccccc1)N(CCO)C(=O)CO. The number of hydrogen-bond donors (Lipinski definition) is 2. The lowest BCUT2D eigenvalue weighted by molar-refractivity contribution is -0.131. The lowest BCUT2D eigenvalue weighted by Crippen LogP contribution is -2.34. The van der Waals surface area contributed by atoms with Crippen LogP contribution in [0.2, 0.25) is 0 Å². The van der Waals surface area contributed by atoms with Crippen molar-refractivity contribution in [3.8, 4) is 0 Å². The van der Waals surface area contributed by atoms with Crippen LogP contribution in [0.25, 0.3) is 5.70 Å². The van der Waals surface area contributed by atoms with Crippen molar-refractivity contribution in [1.82, 2.24) is 4.90 Å². The van der Waals surface area contributed by atoms with Crippen LogP contribution in [0.4, 0.5) is 0 Å². The number of aliphatic hydroxyl groups excluding tert-OH is 2. The normalized spacial score (nSPS) is 10.0. The van der Waals surface area contributed by atoms with Crippen LogP contribution < -0.4 is 0 Å². The van der Waals surface area contributed by atoms with Crippen LogP contribution in [0, 0.1) is 0 Å². The molecule has 0 spiro atoms.